The second-order valence-corrected chi connectivity index (χ2v) is 9.64. The number of para-hydroxylation sites is 1. The Morgan fingerprint density at radius 3 is 1.46 bits per heavy atom. The van der Waals surface area contributed by atoms with Crippen LogP contribution in [-0.4, -0.2) is 10.2 Å². The van der Waals surface area contributed by atoms with E-state index in [0.717, 1.165) is 44.9 Å². The third-order valence-electron chi connectivity index (χ3n) is 6.25. The normalized spacial score (nSPS) is 8.67. The first kappa shape index (κ1) is 48.8. The van der Waals surface area contributed by atoms with Gasteiger partial charge in [-0.15, -0.1) is 11.0 Å². The highest BCUT2D eigenvalue weighted by Gasteiger charge is 1.88. The van der Waals surface area contributed by atoms with Crippen LogP contribution in [0, 0.1) is 34.6 Å². The molecule has 8 aromatic rings. The van der Waals surface area contributed by atoms with Crippen molar-refractivity contribution in [3.05, 3.63) is 144 Å². The highest BCUT2D eigenvalue weighted by molar-refractivity contribution is 5.84. The summed E-state index contributed by atoms with van der Waals surface area (Å²) in [6, 6.07) is 32.2. The molecule has 284 valence electrons. The van der Waals surface area contributed by atoms with E-state index in [2.05, 4.69) is 59.6 Å². The highest BCUT2D eigenvalue weighted by Crippen LogP contribution is 2.15. The molecule has 0 fully saturated rings. The SMILES string of the molecule is CC.CC.CC.CC.CC.Cc1[n-]cc2ccccc12.Cc1cc2ccccc2[n-]1.Cc1cc[n-]n1.Cc1ccc[n-]1.Cc1n[n-]c2ccccc12. The Balaban J connectivity index is 0. The van der Waals surface area contributed by atoms with Gasteiger partial charge >= 0.3 is 0 Å². The van der Waals surface area contributed by atoms with Gasteiger partial charge in [0.15, 0.2) is 0 Å². The van der Waals surface area contributed by atoms with Crippen molar-refractivity contribution in [3.8, 4) is 0 Å². The number of aromatic nitrogens is 7. The summed E-state index contributed by atoms with van der Waals surface area (Å²) in [5, 5.41) is 20.0. The van der Waals surface area contributed by atoms with E-state index in [-0.39, 0.29) is 0 Å². The molecule has 0 aliphatic carbocycles. The molecule has 0 N–H and O–H groups in total. The summed E-state index contributed by atoms with van der Waals surface area (Å²) in [5.74, 6) is 0. The lowest BCUT2D eigenvalue weighted by Gasteiger charge is -1.97. The Morgan fingerprint density at radius 1 is 0.462 bits per heavy atom. The molecule has 52 heavy (non-hydrogen) atoms. The lowest BCUT2D eigenvalue weighted by Crippen LogP contribution is -1.70. The summed E-state index contributed by atoms with van der Waals surface area (Å²) in [6.07, 6.45) is 5.37. The number of benzene rings is 3. The topological polar surface area (TPSA) is 96.3 Å². The van der Waals surface area contributed by atoms with Crippen LogP contribution in [0.25, 0.3) is 32.6 Å². The minimum Gasteiger partial charge on any atom is -0.668 e. The predicted octanol–water partition coefficient (Wildman–Crippen LogP) is 12.1. The van der Waals surface area contributed by atoms with Crippen LogP contribution in [0.2, 0.25) is 0 Å². The van der Waals surface area contributed by atoms with Crippen LogP contribution in [-0.2, 0) is 0 Å². The second-order valence-electron chi connectivity index (χ2n) is 9.64. The fourth-order valence-electron chi connectivity index (χ4n) is 4.07. The Kier molecular flexibility index (Phi) is 29.7. The summed E-state index contributed by atoms with van der Waals surface area (Å²) in [6.45, 7) is 29.9. The second kappa shape index (κ2) is 31.7. The zero-order valence-corrected chi connectivity index (χ0v) is 34.6. The average molecular weight is 703 g/mol. The van der Waals surface area contributed by atoms with E-state index in [4.69, 9.17) is 0 Å². The third kappa shape index (κ3) is 18.6. The first-order valence-electron chi connectivity index (χ1n) is 18.7. The summed E-state index contributed by atoms with van der Waals surface area (Å²) in [5.41, 5.74) is 7.39. The molecule has 0 spiro atoms. The molecule has 0 atom stereocenters. The van der Waals surface area contributed by atoms with Crippen LogP contribution in [0.4, 0.5) is 0 Å². The zero-order valence-electron chi connectivity index (χ0n) is 34.6. The van der Waals surface area contributed by atoms with Gasteiger partial charge in [-0.2, -0.15) is 35.7 Å². The van der Waals surface area contributed by atoms with E-state index < -0.39 is 0 Å². The quantitative estimate of drug-likeness (QED) is 0.155. The van der Waals surface area contributed by atoms with E-state index in [1.807, 2.05) is 183 Å². The van der Waals surface area contributed by atoms with Gasteiger partial charge in [-0.1, -0.05) is 187 Å². The molecule has 0 amide bonds. The van der Waals surface area contributed by atoms with Crippen molar-refractivity contribution in [1.82, 2.24) is 35.3 Å². The number of hydrogen-bond acceptors (Lipinski definition) is 2. The van der Waals surface area contributed by atoms with Gasteiger partial charge in [-0.05, 0) is 35.4 Å². The first-order chi connectivity index (χ1) is 25.4. The Hall–Kier alpha value is -5.30. The minimum atomic E-state index is 0.981. The Labute approximate surface area is 315 Å². The predicted molar refractivity (Wildman–Crippen MR) is 227 cm³/mol. The Bertz CT molecular complexity index is 1740. The summed E-state index contributed by atoms with van der Waals surface area (Å²) in [4.78, 5) is 12.4. The fourth-order valence-corrected chi connectivity index (χ4v) is 4.07. The van der Waals surface area contributed by atoms with E-state index in [1.54, 1.807) is 12.4 Å². The van der Waals surface area contributed by atoms with Gasteiger partial charge in [0, 0.05) is 11.4 Å². The molecule has 0 saturated carbocycles. The van der Waals surface area contributed by atoms with Crippen molar-refractivity contribution in [2.75, 3.05) is 0 Å². The monoisotopic (exact) mass is 703 g/mol. The lowest BCUT2D eigenvalue weighted by molar-refractivity contribution is 1.02. The maximum absolute atomic E-state index is 4.31. The van der Waals surface area contributed by atoms with Gasteiger partial charge < -0.3 is 35.3 Å². The summed E-state index contributed by atoms with van der Waals surface area (Å²) >= 11 is 0. The number of aryl methyl sites for hydroxylation is 5. The summed E-state index contributed by atoms with van der Waals surface area (Å²) in [7, 11) is 0. The standard InChI is InChI=1S/2C9H8N.C8H7N2.C5H6N.C4H5N2.5C2H6/c1-7-9-5-3-2-4-8(9)6-10-7;1-7-6-8-4-2-3-5-9(8)10-7;1-6-7-4-2-3-5-8(7)10-9-6;1-5-3-2-4-6-5;1-4-2-3-5-6-4;5*1-2/h2*2-6H,1H3;2-5H,1H3;2-4H,1H3;2-3H,1H3;5*1-2H3/q5*-1;;;;;. The average Bonchev–Trinajstić information content (AvgIpc) is 4.08. The number of hydrogen-bond donors (Lipinski definition) is 0. The van der Waals surface area contributed by atoms with E-state index in [9.17, 15) is 0 Å². The van der Waals surface area contributed by atoms with Gasteiger partial charge in [0.2, 0.25) is 0 Å². The molecule has 3 aromatic carbocycles. The van der Waals surface area contributed by atoms with Crippen molar-refractivity contribution in [3.63, 3.8) is 0 Å². The number of fused-ring (bicyclic) bond motifs is 3. The van der Waals surface area contributed by atoms with Crippen molar-refractivity contribution in [2.24, 2.45) is 0 Å². The molecule has 0 aliphatic rings. The minimum absolute atomic E-state index is 0.981. The van der Waals surface area contributed by atoms with E-state index in [0.29, 0.717) is 0 Å². The van der Waals surface area contributed by atoms with Crippen molar-refractivity contribution < 1.29 is 0 Å². The highest BCUT2D eigenvalue weighted by atomic mass is 15.1. The first-order valence-corrected chi connectivity index (χ1v) is 18.7. The van der Waals surface area contributed by atoms with Gasteiger partial charge in [0.05, 0.1) is 0 Å². The van der Waals surface area contributed by atoms with Crippen molar-refractivity contribution in [1.29, 1.82) is 0 Å². The smallest absolute Gasteiger partial charge is 0.0208 e. The molecular formula is C45H64N7-5. The molecule has 0 unspecified atom stereocenters. The van der Waals surface area contributed by atoms with E-state index in [1.165, 1.54) is 16.2 Å². The largest absolute Gasteiger partial charge is 0.668 e. The number of rotatable bonds is 0. The maximum atomic E-state index is 4.31. The van der Waals surface area contributed by atoms with Gasteiger partial charge in [-0.3, -0.25) is 0 Å². The summed E-state index contributed by atoms with van der Waals surface area (Å²) < 4.78 is 0. The number of nitrogens with zero attached hydrogens (tertiary/aromatic N) is 7. The van der Waals surface area contributed by atoms with Crippen molar-refractivity contribution in [2.45, 2.75) is 104 Å². The molecular weight excluding hydrogens is 639 g/mol. The van der Waals surface area contributed by atoms with Crippen molar-refractivity contribution >= 4 is 32.6 Å². The Morgan fingerprint density at radius 2 is 1.02 bits per heavy atom. The van der Waals surface area contributed by atoms with Crippen LogP contribution in [0.5, 0.6) is 0 Å². The van der Waals surface area contributed by atoms with Gasteiger partial charge in [-0.25, -0.2) is 0 Å². The zero-order chi connectivity index (χ0) is 39.7. The van der Waals surface area contributed by atoms with Crippen LogP contribution in [0.3, 0.4) is 0 Å². The van der Waals surface area contributed by atoms with Gasteiger partial charge in [0.1, 0.15) is 0 Å². The molecule has 5 heterocycles. The molecule has 7 nitrogen and oxygen atoms in total. The third-order valence-corrected chi connectivity index (χ3v) is 6.25. The molecule has 8 rings (SSSR count). The van der Waals surface area contributed by atoms with Crippen LogP contribution in [0.15, 0.2) is 116 Å². The van der Waals surface area contributed by atoms with Gasteiger partial charge in [0.25, 0.3) is 0 Å². The van der Waals surface area contributed by atoms with Crippen LogP contribution < -0.4 is 25.1 Å². The molecule has 0 bridgehead atoms. The molecule has 5 aromatic heterocycles. The molecule has 7 heteroatoms. The molecule has 0 aliphatic heterocycles. The van der Waals surface area contributed by atoms with Crippen LogP contribution >= 0.6 is 0 Å². The molecule has 0 radical (unpaired) electrons. The lowest BCUT2D eigenvalue weighted by atomic mass is 10.2. The maximum Gasteiger partial charge on any atom is 0.0208 e. The molecule has 0 saturated heterocycles. The van der Waals surface area contributed by atoms with E-state index >= 15 is 0 Å². The van der Waals surface area contributed by atoms with Crippen LogP contribution in [0.1, 0.15) is 97.7 Å². The fraction of sp³-hybridized carbons (Fsp3) is 0.333.